The third-order valence-corrected chi connectivity index (χ3v) is 10.8. The van der Waals surface area contributed by atoms with Gasteiger partial charge >= 0.3 is 11.9 Å². The Kier molecular flexibility index (Phi) is 51.0. The van der Waals surface area contributed by atoms with Crippen molar-refractivity contribution in [3.05, 3.63) is 109 Å². The van der Waals surface area contributed by atoms with Crippen molar-refractivity contribution in [1.29, 1.82) is 0 Å². The van der Waals surface area contributed by atoms with Gasteiger partial charge in [0, 0.05) is 13.0 Å². The Bertz CT molecular complexity index is 1280. The summed E-state index contributed by atoms with van der Waals surface area (Å²) in [7, 11) is 0. The number of hydrogen-bond acceptors (Lipinski definition) is 5. The van der Waals surface area contributed by atoms with Gasteiger partial charge in [0.05, 0.1) is 13.0 Å². The van der Waals surface area contributed by atoms with Gasteiger partial charge in [-0.2, -0.15) is 0 Å². The van der Waals surface area contributed by atoms with Crippen molar-refractivity contribution in [2.75, 3.05) is 19.8 Å². The molecule has 0 spiro atoms. The molecular weight excluding hydrogens is 789 g/mol. The van der Waals surface area contributed by atoms with Gasteiger partial charge < -0.3 is 14.2 Å². The van der Waals surface area contributed by atoms with Crippen LogP contribution in [0, 0.1) is 0 Å². The smallest absolute Gasteiger partial charge is 0.309 e. The van der Waals surface area contributed by atoms with Crippen LogP contribution >= 0.6 is 0 Å². The summed E-state index contributed by atoms with van der Waals surface area (Å²) in [6.45, 7) is 7.46. The minimum absolute atomic E-state index is 0.0193. The lowest BCUT2D eigenvalue weighted by Crippen LogP contribution is -2.30. The van der Waals surface area contributed by atoms with Crippen molar-refractivity contribution in [1.82, 2.24) is 0 Å². The molecule has 0 radical (unpaired) electrons. The van der Waals surface area contributed by atoms with E-state index in [4.69, 9.17) is 14.2 Å². The molecule has 0 aliphatic carbocycles. The predicted molar refractivity (Wildman–Crippen MR) is 279 cm³/mol. The van der Waals surface area contributed by atoms with Gasteiger partial charge in [0.15, 0.2) is 6.10 Å². The third kappa shape index (κ3) is 51.2. The summed E-state index contributed by atoms with van der Waals surface area (Å²) in [6, 6.07) is 0. The Hall–Kier alpha value is -3.44. The largest absolute Gasteiger partial charge is 0.461 e. The van der Waals surface area contributed by atoms with Gasteiger partial charge in [-0.3, -0.25) is 9.59 Å². The Morgan fingerprint density at radius 1 is 0.375 bits per heavy atom. The lowest BCUT2D eigenvalue weighted by atomic mass is 10.1. The van der Waals surface area contributed by atoms with Gasteiger partial charge in [0.25, 0.3) is 0 Å². The molecule has 1 unspecified atom stereocenters. The summed E-state index contributed by atoms with van der Waals surface area (Å²) < 4.78 is 17.3. The number of rotatable bonds is 47. The number of carbonyl (C=O) groups is 2. The molecular formula is C59H98O5. The fourth-order valence-electron chi connectivity index (χ4n) is 6.94. The van der Waals surface area contributed by atoms with E-state index in [9.17, 15) is 9.59 Å². The summed E-state index contributed by atoms with van der Waals surface area (Å²) in [6.07, 6.45) is 74.1. The molecule has 64 heavy (non-hydrogen) atoms. The number of esters is 2. The van der Waals surface area contributed by atoms with Gasteiger partial charge in [-0.15, -0.1) is 0 Å². The second kappa shape index (κ2) is 53.9. The van der Waals surface area contributed by atoms with Crippen LogP contribution in [0.5, 0.6) is 0 Å². The summed E-state index contributed by atoms with van der Waals surface area (Å²) >= 11 is 0. The molecule has 0 aromatic rings. The Labute approximate surface area is 395 Å². The lowest BCUT2D eigenvalue weighted by molar-refractivity contribution is -0.162. The molecule has 0 aliphatic rings. The van der Waals surface area contributed by atoms with E-state index in [0.717, 1.165) is 89.9 Å². The first kappa shape index (κ1) is 60.6. The maximum Gasteiger partial charge on any atom is 0.309 e. The lowest BCUT2D eigenvalue weighted by Gasteiger charge is -2.18. The van der Waals surface area contributed by atoms with E-state index >= 15 is 0 Å². The zero-order valence-electron chi connectivity index (χ0n) is 41.8. The Morgan fingerprint density at radius 2 is 0.750 bits per heavy atom. The van der Waals surface area contributed by atoms with Crippen LogP contribution in [0.15, 0.2) is 109 Å². The summed E-state index contributed by atoms with van der Waals surface area (Å²) in [5, 5.41) is 0. The van der Waals surface area contributed by atoms with Gasteiger partial charge in [-0.25, -0.2) is 0 Å². The average molecular weight is 887 g/mol. The minimum Gasteiger partial charge on any atom is -0.461 e. The van der Waals surface area contributed by atoms with Crippen LogP contribution in [0.2, 0.25) is 0 Å². The number of carbonyl (C=O) groups excluding carboxylic acids is 2. The normalized spacial score (nSPS) is 13.1. The van der Waals surface area contributed by atoms with Crippen LogP contribution in [0.4, 0.5) is 0 Å². The highest BCUT2D eigenvalue weighted by Gasteiger charge is 2.17. The van der Waals surface area contributed by atoms with Gasteiger partial charge in [0.1, 0.15) is 6.61 Å². The maximum absolute atomic E-state index is 12.8. The monoisotopic (exact) mass is 887 g/mol. The van der Waals surface area contributed by atoms with E-state index in [1.807, 2.05) is 12.2 Å². The second-order valence-corrected chi connectivity index (χ2v) is 17.0. The molecule has 364 valence electrons. The molecule has 0 aliphatic heterocycles. The first-order valence-electron chi connectivity index (χ1n) is 26.4. The molecule has 0 bridgehead atoms. The van der Waals surface area contributed by atoms with E-state index in [0.29, 0.717) is 13.0 Å². The van der Waals surface area contributed by atoms with Crippen molar-refractivity contribution in [2.24, 2.45) is 0 Å². The van der Waals surface area contributed by atoms with E-state index in [-0.39, 0.29) is 31.6 Å². The van der Waals surface area contributed by atoms with Crippen molar-refractivity contribution in [3.8, 4) is 0 Å². The number of ether oxygens (including phenoxy) is 3. The molecule has 0 heterocycles. The SMILES string of the molecule is CC/C=C\C/C=C\C/C=C\C/C=C\C/C=C\CC(=O)OCC(COCCCCCCCCCC/C=C\C/C=C\C/C=C\CC)OC(=O)CCCCCCC/C=C\CCCCCCCC. The highest BCUT2D eigenvalue weighted by Crippen LogP contribution is 2.13. The van der Waals surface area contributed by atoms with Crippen LogP contribution < -0.4 is 0 Å². The Balaban J connectivity index is 4.42. The van der Waals surface area contributed by atoms with Crippen LogP contribution in [0.25, 0.3) is 0 Å². The van der Waals surface area contributed by atoms with Crippen LogP contribution in [-0.2, 0) is 23.8 Å². The molecule has 0 aromatic heterocycles. The fraction of sp³-hybridized carbons (Fsp3) is 0.661. The van der Waals surface area contributed by atoms with Crippen LogP contribution in [0.1, 0.15) is 226 Å². The van der Waals surface area contributed by atoms with E-state index < -0.39 is 6.10 Å². The van der Waals surface area contributed by atoms with E-state index in [2.05, 4.69) is 118 Å². The molecule has 0 saturated carbocycles. The summed E-state index contributed by atoms with van der Waals surface area (Å²) in [5.41, 5.74) is 0. The van der Waals surface area contributed by atoms with E-state index in [1.165, 1.54) is 103 Å². The molecule has 5 heteroatoms. The van der Waals surface area contributed by atoms with Gasteiger partial charge in [-0.1, -0.05) is 220 Å². The van der Waals surface area contributed by atoms with Gasteiger partial charge in [-0.05, 0) is 103 Å². The molecule has 0 rings (SSSR count). The first-order valence-corrected chi connectivity index (χ1v) is 26.4. The van der Waals surface area contributed by atoms with Gasteiger partial charge in [0.2, 0.25) is 0 Å². The maximum atomic E-state index is 12.8. The highest BCUT2D eigenvalue weighted by molar-refractivity contribution is 5.71. The molecule has 0 aromatic carbocycles. The molecule has 0 saturated heterocycles. The van der Waals surface area contributed by atoms with Crippen molar-refractivity contribution < 1.29 is 23.8 Å². The molecule has 0 fully saturated rings. The predicted octanol–water partition coefficient (Wildman–Crippen LogP) is 18.0. The number of unbranched alkanes of at least 4 members (excludes halogenated alkanes) is 19. The third-order valence-electron chi connectivity index (χ3n) is 10.8. The Morgan fingerprint density at radius 3 is 1.22 bits per heavy atom. The summed E-state index contributed by atoms with van der Waals surface area (Å²) in [4.78, 5) is 25.4. The zero-order chi connectivity index (χ0) is 46.3. The number of hydrogen-bond donors (Lipinski definition) is 0. The number of allylic oxidation sites excluding steroid dienone is 17. The molecule has 0 amide bonds. The van der Waals surface area contributed by atoms with Crippen LogP contribution in [0.3, 0.4) is 0 Å². The van der Waals surface area contributed by atoms with Crippen molar-refractivity contribution in [2.45, 2.75) is 232 Å². The van der Waals surface area contributed by atoms with E-state index in [1.54, 1.807) is 0 Å². The van der Waals surface area contributed by atoms with Crippen molar-refractivity contribution in [3.63, 3.8) is 0 Å². The fourth-order valence-corrected chi connectivity index (χ4v) is 6.94. The quantitative estimate of drug-likeness (QED) is 0.0346. The second-order valence-electron chi connectivity index (χ2n) is 17.0. The molecule has 1 atom stereocenters. The topological polar surface area (TPSA) is 61.8 Å². The highest BCUT2D eigenvalue weighted by atomic mass is 16.6. The first-order chi connectivity index (χ1) is 31.6. The van der Waals surface area contributed by atoms with Crippen molar-refractivity contribution >= 4 is 11.9 Å². The molecule has 5 nitrogen and oxygen atoms in total. The minimum atomic E-state index is -0.591. The standard InChI is InChI=1S/C59H98O5/c1-4-7-10-13-16-19-22-25-28-29-30-33-36-39-42-45-48-51-54-62-55-57(64-59(61)53-50-47-44-41-38-35-32-27-24-21-18-15-12-9-6-3)56-63-58(60)52-49-46-43-40-37-34-31-26-23-20-17-14-11-8-5-2/h7-8,10-11,16-17,19-20,25-28,31-32,37,40,46,49,57H,4-6,9,12-15,18,21-24,29-30,33-36,38-39,41-45,47-48,50-56H2,1-3H3/b10-7-,11-8-,19-16-,20-17-,28-25-,31-26-,32-27-,40-37-,49-46-. The summed E-state index contributed by atoms with van der Waals surface area (Å²) in [5.74, 6) is -0.561. The molecule has 0 N–H and O–H groups in total. The zero-order valence-corrected chi connectivity index (χ0v) is 41.8. The van der Waals surface area contributed by atoms with Crippen LogP contribution in [-0.4, -0.2) is 37.9 Å². The average Bonchev–Trinajstić information content (AvgIpc) is 3.30.